The summed E-state index contributed by atoms with van der Waals surface area (Å²) in [6.07, 6.45) is 0.288. The lowest BCUT2D eigenvalue weighted by Crippen LogP contribution is -2.43. The number of hydrogen-bond donors (Lipinski definition) is 3. The number of likely N-dealkylation sites (N-methyl/N-ethyl adjacent to an activating group) is 1. The number of nitrogen functional groups attached to an aromatic ring is 2. The number of quaternary nitrogens is 1. The van der Waals surface area contributed by atoms with Crippen LogP contribution in [0.2, 0.25) is 0 Å². The van der Waals surface area contributed by atoms with Gasteiger partial charge in [0.1, 0.15) is 36.1 Å². The van der Waals surface area contributed by atoms with Crippen LogP contribution in [-0.4, -0.2) is 63.0 Å². The Morgan fingerprint density at radius 1 is 0.811 bits per heavy atom. The second kappa shape index (κ2) is 12.0. The molecule has 0 radical (unpaired) electrons. The number of ether oxygens (including phenoxy) is 3. The van der Waals surface area contributed by atoms with Crippen LogP contribution in [0.25, 0.3) is 0 Å². The number of carbonyl (C=O) groups is 1. The third-order valence-electron chi connectivity index (χ3n) is 5.44. The summed E-state index contributed by atoms with van der Waals surface area (Å²) >= 11 is 0. The maximum Gasteiger partial charge on any atom is 0.338 e. The fraction of sp³-hybridized carbons (Fsp3) is 0.269. The van der Waals surface area contributed by atoms with Crippen LogP contribution >= 0.6 is 0 Å². The van der Waals surface area contributed by atoms with Crippen LogP contribution < -0.4 is 20.9 Å². The van der Waals surface area contributed by atoms with Gasteiger partial charge in [-0.25, -0.2) is 4.79 Å². The summed E-state index contributed by atoms with van der Waals surface area (Å²) < 4.78 is 48.5. The van der Waals surface area contributed by atoms with E-state index in [4.69, 9.17) is 30.2 Å². The molecule has 0 saturated heterocycles. The van der Waals surface area contributed by atoms with Crippen molar-refractivity contribution in [1.29, 1.82) is 0 Å². The van der Waals surface area contributed by atoms with Crippen molar-refractivity contribution in [2.75, 3.05) is 51.0 Å². The molecule has 10 nitrogen and oxygen atoms in total. The highest BCUT2D eigenvalue weighted by atomic mass is 32.2. The smallest absolute Gasteiger partial charge is 0.338 e. The van der Waals surface area contributed by atoms with Gasteiger partial charge in [0.2, 0.25) is 0 Å². The number of hydrogen-bond acceptors (Lipinski definition) is 8. The number of nitrogens with zero attached hydrogens (tertiary/aromatic N) is 1. The molecular weight excluding hydrogens is 498 g/mol. The predicted molar refractivity (Wildman–Crippen MR) is 141 cm³/mol. The molecule has 0 aromatic heterocycles. The Balaban J connectivity index is 1.71. The molecule has 3 aromatic carbocycles. The monoisotopic (exact) mass is 530 g/mol. The topological polar surface area (TPSA) is 151 Å². The van der Waals surface area contributed by atoms with E-state index < -0.39 is 16.1 Å². The first-order chi connectivity index (χ1) is 17.4. The van der Waals surface area contributed by atoms with Crippen LogP contribution in [0.15, 0.2) is 66.7 Å². The van der Waals surface area contributed by atoms with Crippen LogP contribution in [0.1, 0.15) is 16.8 Å². The number of rotatable bonds is 12. The van der Waals surface area contributed by atoms with Gasteiger partial charge in [0, 0.05) is 23.9 Å². The molecule has 3 rings (SSSR count). The van der Waals surface area contributed by atoms with Crippen LogP contribution in [0.5, 0.6) is 23.0 Å². The molecule has 11 heteroatoms. The van der Waals surface area contributed by atoms with Crippen molar-refractivity contribution in [3.63, 3.8) is 0 Å². The highest BCUT2D eigenvalue weighted by Crippen LogP contribution is 2.31. The first-order valence-electron chi connectivity index (χ1n) is 11.5. The molecule has 0 aliphatic carbocycles. The van der Waals surface area contributed by atoms with Gasteiger partial charge in [-0.2, -0.15) is 8.42 Å². The molecule has 0 aliphatic heterocycles. The van der Waals surface area contributed by atoms with Gasteiger partial charge in [0.05, 0.1) is 32.0 Å². The Morgan fingerprint density at radius 2 is 1.30 bits per heavy atom. The molecule has 5 N–H and O–H groups in total. The summed E-state index contributed by atoms with van der Waals surface area (Å²) in [6, 6.07) is 18.4. The molecule has 0 fully saturated rings. The van der Waals surface area contributed by atoms with E-state index in [9.17, 15) is 13.2 Å². The lowest BCUT2D eigenvalue weighted by molar-refractivity contribution is -0.890. The van der Waals surface area contributed by atoms with Gasteiger partial charge in [-0.15, -0.1) is 0 Å². The Labute approximate surface area is 216 Å². The minimum absolute atomic E-state index is 0.106. The van der Waals surface area contributed by atoms with E-state index in [1.54, 1.807) is 66.7 Å². The molecule has 0 amide bonds. The van der Waals surface area contributed by atoms with Gasteiger partial charge in [-0.3, -0.25) is 4.55 Å². The number of nitrogens with two attached hydrogens (primary N) is 2. The molecule has 198 valence electrons. The van der Waals surface area contributed by atoms with Gasteiger partial charge in [-0.05, 0) is 60.7 Å². The van der Waals surface area contributed by atoms with Crippen LogP contribution in [-0.2, 0) is 14.9 Å². The third kappa shape index (κ3) is 9.64. The summed E-state index contributed by atoms with van der Waals surface area (Å²) in [5.41, 5.74) is 12.9. The van der Waals surface area contributed by atoms with Crippen LogP contribution in [0.4, 0.5) is 11.4 Å². The highest BCUT2D eigenvalue weighted by molar-refractivity contribution is 7.85. The quantitative estimate of drug-likeness (QED) is 0.137. The third-order valence-corrected chi connectivity index (χ3v) is 6.25. The maximum atomic E-state index is 12.9. The fourth-order valence-electron chi connectivity index (χ4n) is 3.41. The van der Waals surface area contributed by atoms with Crippen molar-refractivity contribution in [2.45, 2.75) is 6.42 Å². The predicted octanol–water partition coefficient (Wildman–Crippen LogP) is 3.95. The summed E-state index contributed by atoms with van der Waals surface area (Å²) in [5, 5.41) is 0. The van der Waals surface area contributed by atoms with E-state index >= 15 is 0 Å². The molecule has 0 unspecified atom stereocenters. The molecule has 0 atom stereocenters. The van der Waals surface area contributed by atoms with E-state index in [0.717, 1.165) is 0 Å². The molecule has 0 saturated carbocycles. The van der Waals surface area contributed by atoms with Crippen LogP contribution in [0, 0.1) is 0 Å². The Hall–Kier alpha value is -3.80. The minimum atomic E-state index is -4.01. The summed E-state index contributed by atoms with van der Waals surface area (Å²) in [4.78, 5) is 12.9. The maximum absolute atomic E-state index is 12.9. The Kier molecular flexibility index (Phi) is 8.98. The van der Waals surface area contributed by atoms with E-state index in [-0.39, 0.29) is 24.3 Å². The number of benzene rings is 3. The van der Waals surface area contributed by atoms with Crippen molar-refractivity contribution < 1.29 is 36.5 Å². The van der Waals surface area contributed by atoms with Gasteiger partial charge in [-0.1, -0.05) is 0 Å². The lowest BCUT2D eigenvalue weighted by Gasteiger charge is -2.29. The van der Waals surface area contributed by atoms with Gasteiger partial charge in [0.15, 0.2) is 0 Å². The zero-order valence-electron chi connectivity index (χ0n) is 20.8. The first kappa shape index (κ1) is 27.8. The Morgan fingerprint density at radius 3 is 1.76 bits per heavy atom. The second-order valence-electron chi connectivity index (χ2n) is 9.19. The largest absolute Gasteiger partial charge is 0.457 e. The van der Waals surface area contributed by atoms with Crippen LogP contribution in [0.3, 0.4) is 0 Å². The average molecular weight is 531 g/mol. The number of anilines is 2. The molecule has 37 heavy (non-hydrogen) atoms. The van der Waals surface area contributed by atoms with Crippen molar-refractivity contribution in [3.8, 4) is 23.0 Å². The zero-order chi connectivity index (χ0) is 27.1. The normalized spacial score (nSPS) is 11.6. The SMILES string of the molecule is C[N+](C)(CCCS(=O)(=O)O)CCOC(=O)c1cc(Oc2ccc(N)cc2)cc(Oc2ccc(N)cc2)c1. The van der Waals surface area contributed by atoms with E-state index in [1.807, 2.05) is 14.1 Å². The molecule has 0 aliphatic rings. The Bertz CT molecular complexity index is 1240. The van der Waals surface area contributed by atoms with Crippen molar-refractivity contribution in [3.05, 3.63) is 72.3 Å². The standard InChI is InChI=1S/C26H31N3O7S/c1-29(2,12-3-15-37(31,32)33)13-14-34-26(30)19-16-24(35-22-8-4-20(27)5-9-22)18-25(17-19)36-23-10-6-21(28)7-11-23/h4-11,16-18H,3,12-15,27-28H2,1-2H3/p+1. The van der Waals surface area contributed by atoms with E-state index in [0.29, 0.717) is 51.9 Å². The van der Waals surface area contributed by atoms with Gasteiger partial charge in [0.25, 0.3) is 10.1 Å². The molecule has 0 bridgehead atoms. The molecule has 3 aromatic rings. The van der Waals surface area contributed by atoms with Gasteiger partial charge >= 0.3 is 5.97 Å². The second-order valence-corrected chi connectivity index (χ2v) is 10.8. The van der Waals surface area contributed by atoms with Crippen molar-refractivity contribution >= 4 is 27.5 Å². The molecular formula is C26H32N3O7S+. The molecule has 0 spiro atoms. The lowest BCUT2D eigenvalue weighted by atomic mass is 10.2. The number of esters is 1. The minimum Gasteiger partial charge on any atom is -0.457 e. The fourth-order valence-corrected chi connectivity index (χ4v) is 3.90. The average Bonchev–Trinajstić information content (AvgIpc) is 2.81. The summed E-state index contributed by atoms with van der Waals surface area (Å²) in [6.45, 7) is 1.05. The van der Waals surface area contributed by atoms with E-state index in [1.165, 1.54) is 0 Å². The number of carbonyl (C=O) groups excluding carboxylic acids is 1. The van der Waals surface area contributed by atoms with Gasteiger partial charge < -0.3 is 30.2 Å². The van der Waals surface area contributed by atoms with Crippen molar-refractivity contribution in [1.82, 2.24) is 0 Å². The molecule has 0 heterocycles. The first-order valence-corrected chi connectivity index (χ1v) is 13.2. The highest BCUT2D eigenvalue weighted by Gasteiger charge is 2.19. The summed E-state index contributed by atoms with van der Waals surface area (Å²) in [5.74, 6) is 0.913. The zero-order valence-corrected chi connectivity index (χ0v) is 21.6. The van der Waals surface area contributed by atoms with Crippen molar-refractivity contribution in [2.24, 2.45) is 0 Å². The van der Waals surface area contributed by atoms with E-state index in [2.05, 4.69) is 0 Å². The summed E-state index contributed by atoms with van der Waals surface area (Å²) in [7, 11) is -0.233.